The number of esters is 1. The molecule has 2 aliphatic rings. The Morgan fingerprint density at radius 1 is 1.33 bits per heavy atom. The number of H-pyrrole nitrogens is 1. The van der Waals surface area contributed by atoms with E-state index in [0.717, 1.165) is 25.7 Å². The molecule has 21 heavy (non-hydrogen) atoms. The number of fused-ring (bicyclic) bond motifs is 3. The lowest BCUT2D eigenvalue weighted by atomic mass is 10.0. The fourth-order valence-corrected chi connectivity index (χ4v) is 3.72. The normalized spacial score (nSPS) is 30.9. The van der Waals surface area contributed by atoms with Crippen LogP contribution < -0.4 is 0 Å². The summed E-state index contributed by atoms with van der Waals surface area (Å²) in [5.41, 5.74) is 0.696. The van der Waals surface area contributed by atoms with Crippen molar-refractivity contribution in [3.63, 3.8) is 0 Å². The number of para-hydroxylation sites is 1. The van der Waals surface area contributed by atoms with E-state index in [0.29, 0.717) is 23.0 Å². The number of hydrogen-bond donors (Lipinski definition) is 1. The first kappa shape index (κ1) is 10.0. The van der Waals surface area contributed by atoms with Gasteiger partial charge in [0.05, 0.1) is 9.68 Å². The standard InChI is InChI=1S/C17H20N2O2/c1-19-11-6-7-12(19)9-13(8-11)21-17(20)15-10-18-16-5-3-2-4-14(15)16/h2-5,10-13,18H,6-9H2,1H3/t11-,12?,13?/m1/s1/i2D,3D,10D. The summed E-state index contributed by atoms with van der Waals surface area (Å²) in [6.45, 7) is 0. The Morgan fingerprint density at radius 3 is 2.81 bits per heavy atom. The molecule has 0 aliphatic carbocycles. The Labute approximate surface area is 128 Å². The zero-order valence-corrected chi connectivity index (χ0v) is 12.0. The molecule has 2 aliphatic heterocycles. The maximum absolute atomic E-state index is 12.6. The summed E-state index contributed by atoms with van der Waals surface area (Å²) in [4.78, 5) is 17.8. The number of nitrogens with zero attached hydrogens (tertiary/aromatic N) is 1. The van der Waals surface area contributed by atoms with E-state index in [1.165, 1.54) is 12.1 Å². The maximum atomic E-state index is 12.6. The van der Waals surface area contributed by atoms with Gasteiger partial charge in [0.1, 0.15) is 6.10 Å². The van der Waals surface area contributed by atoms with Gasteiger partial charge >= 0.3 is 5.97 Å². The van der Waals surface area contributed by atoms with Gasteiger partial charge in [-0.25, -0.2) is 4.79 Å². The minimum atomic E-state index is -0.502. The smallest absolute Gasteiger partial charge is 0.340 e. The largest absolute Gasteiger partial charge is 0.459 e. The Hall–Kier alpha value is -1.81. The Balaban J connectivity index is 1.60. The number of piperidine rings is 1. The third-order valence-corrected chi connectivity index (χ3v) is 4.93. The summed E-state index contributed by atoms with van der Waals surface area (Å²) in [6.07, 6.45) is 3.86. The van der Waals surface area contributed by atoms with Crippen LogP contribution in [-0.2, 0) is 4.74 Å². The molecule has 110 valence electrons. The molecule has 2 unspecified atom stereocenters. The van der Waals surface area contributed by atoms with Crippen LogP contribution in [0.15, 0.2) is 30.4 Å². The second kappa shape index (κ2) is 4.88. The molecule has 4 nitrogen and oxygen atoms in total. The van der Waals surface area contributed by atoms with Gasteiger partial charge in [-0.2, -0.15) is 0 Å². The van der Waals surface area contributed by atoms with Gasteiger partial charge in [0.25, 0.3) is 0 Å². The van der Waals surface area contributed by atoms with Crippen molar-refractivity contribution in [2.75, 3.05) is 7.05 Å². The van der Waals surface area contributed by atoms with Crippen molar-refractivity contribution in [1.82, 2.24) is 9.88 Å². The van der Waals surface area contributed by atoms with Crippen molar-refractivity contribution < 1.29 is 13.6 Å². The molecule has 2 aromatic rings. The van der Waals surface area contributed by atoms with Gasteiger partial charge in [-0.3, -0.25) is 0 Å². The number of carbonyl (C=O) groups is 1. The Morgan fingerprint density at radius 2 is 2.05 bits per heavy atom. The molecule has 4 rings (SSSR count). The van der Waals surface area contributed by atoms with E-state index in [-0.39, 0.29) is 29.9 Å². The summed E-state index contributed by atoms with van der Waals surface area (Å²) in [7, 11) is 2.14. The van der Waals surface area contributed by atoms with Crippen molar-refractivity contribution in [3.8, 4) is 0 Å². The van der Waals surface area contributed by atoms with Crippen molar-refractivity contribution in [1.29, 1.82) is 0 Å². The van der Waals surface area contributed by atoms with E-state index < -0.39 is 5.97 Å². The van der Waals surface area contributed by atoms with Crippen LogP contribution in [0.4, 0.5) is 0 Å². The van der Waals surface area contributed by atoms with Gasteiger partial charge < -0.3 is 14.6 Å². The van der Waals surface area contributed by atoms with Gasteiger partial charge in [-0.05, 0) is 26.0 Å². The van der Waals surface area contributed by atoms with Gasteiger partial charge in [0.2, 0.25) is 0 Å². The average Bonchev–Trinajstić information content (AvgIpc) is 2.91. The summed E-state index contributed by atoms with van der Waals surface area (Å²) >= 11 is 0. The van der Waals surface area contributed by atoms with Crippen molar-refractivity contribution in [2.45, 2.75) is 43.9 Å². The highest BCUT2D eigenvalue weighted by Gasteiger charge is 2.40. The molecular formula is C17H20N2O2. The van der Waals surface area contributed by atoms with Gasteiger partial charge in [0.15, 0.2) is 0 Å². The summed E-state index contributed by atoms with van der Waals surface area (Å²) in [5, 5.41) is 0.488. The van der Waals surface area contributed by atoms with Crippen LogP contribution in [0.1, 0.15) is 40.2 Å². The molecule has 1 aromatic heterocycles. The number of ether oxygens (including phenoxy) is 1. The molecule has 0 saturated carbocycles. The first-order valence-corrected chi connectivity index (χ1v) is 7.46. The second-order valence-corrected chi connectivity index (χ2v) is 6.08. The van der Waals surface area contributed by atoms with Crippen molar-refractivity contribution in [2.24, 2.45) is 0 Å². The maximum Gasteiger partial charge on any atom is 0.340 e. The van der Waals surface area contributed by atoms with Crippen LogP contribution >= 0.6 is 0 Å². The molecule has 2 fully saturated rings. The van der Waals surface area contributed by atoms with E-state index in [1.807, 2.05) is 0 Å². The first-order chi connectivity index (χ1) is 11.4. The minimum absolute atomic E-state index is 0.0177. The van der Waals surface area contributed by atoms with E-state index >= 15 is 0 Å². The van der Waals surface area contributed by atoms with Gasteiger partial charge in [-0.15, -0.1) is 0 Å². The van der Waals surface area contributed by atoms with Crippen LogP contribution in [0.25, 0.3) is 10.9 Å². The van der Waals surface area contributed by atoms with E-state index in [2.05, 4.69) is 16.9 Å². The van der Waals surface area contributed by atoms with Crippen LogP contribution in [0.5, 0.6) is 0 Å². The molecule has 3 atom stereocenters. The Kier molecular flexibility index (Phi) is 2.33. The van der Waals surface area contributed by atoms with Gasteiger partial charge in [-0.1, -0.05) is 18.2 Å². The zero-order valence-electron chi connectivity index (χ0n) is 15.0. The fraction of sp³-hybridized carbons (Fsp3) is 0.471. The van der Waals surface area contributed by atoms with Crippen molar-refractivity contribution in [3.05, 3.63) is 36.0 Å². The van der Waals surface area contributed by atoms with Crippen molar-refractivity contribution >= 4 is 16.9 Å². The fourth-order valence-electron chi connectivity index (χ4n) is 3.72. The highest BCUT2D eigenvalue weighted by molar-refractivity contribution is 6.04. The van der Waals surface area contributed by atoms with E-state index in [9.17, 15) is 4.79 Å². The number of carbonyl (C=O) groups excluding carboxylic acids is 1. The summed E-state index contributed by atoms with van der Waals surface area (Å²) in [6, 6.07) is 3.99. The average molecular weight is 287 g/mol. The minimum Gasteiger partial charge on any atom is -0.459 e. The molecule has 0 amide bonds. The van der Waals surface area contributed by atoms with Crippen LogP contribution in [0.3, 0.4) is 0 Å². The molecule has 0 spiro atoms. The second-order valence-electron chi connectivity index (χ2n) is 6.08. The monoisotopic (exact) mass is 287 g/mol. The third-order valence-electron chi connectivity index (χ3n) is 4.93. The van der Waals surface area contributed by atoms with Crippen LogP contribution in [0, 0.1) is 0 Å². The Bertz CT molecular complexity index is 806. The molecule has 2 bridgehead atoms. The van der Waals surface area contributed by atoms with Crippen LogP contribution in [-0.4, -0.2) is 41.1 Å². The number of aromatic amines is 1. The van der Waals surface area contributed by atoms with E-state index in [4.69, 9.17) is 8.85 Å². The molecule has 2 saturated heterocycles. The summed E-state index contributed by atoms with van der Waals surface area (Å²) in [5.74, 6) is -0.502. The molecule has 4 heteroatoms. The number of aromatic nitrogens is 1. The SMILES string of the molecule is [2H]c1cc2[nH]c([2H])c(C(=O)OC3CC4CC[C@H](C3)N4C)c2cc1[2H]. The zero-order chi connectivity index (χ0) is 17.0. The van der Waals surface area contributed by atoms with Crippen LogP contribution in [0.2, 0.25) is 0 Å². The highest BCUT2D eigenvalue weighted by Crippen LogP contribution is 2.35. The number of nitrogens with one attached hydrogen (secondary N) is 1. The number of hydrogen-bond acceptors (Lipinski definition) is 3. The predicted molar refractivity (Wildman–Crippen MR) is 81.3 cm³/mol. The number of benzene rings is 1. The lowest BCUT2D eigenvalue weighted by molar-refractivity contribution is -0.000258. The predicted octanol–water partition coefficient (Wildman–Crippen LogP) is 2.95. The molecule has 1 aromatic carbocycles. The molecule has 0 radical (unpaired) electrons. The lowest BCUT2D eigenvalue weighted by Crippen LogP contribution is -2.43. The molecule has 3 heterocycles. The first-order valence-electron chi connectivity index (χ1n) is 8.96. The van der Waals surface area contributed by atoms with E-state index in [1.54, 1.807) is 0 Å². The van der Waals surface area contributed by atoms with Gasteiger partial charge in [0, 0.05) is 42.0 Å². The molecular weight excluding hydrogens is 264 g/mol. The summed E-state index contributed by atoms with van der Waals surface area (Å²) < 4.78 is 29.2. The lowest BCUT2D eigenvalue weighted by Gasteiger charge is -2.35. The topological polar surface area (TPSA) is 45.3 Å². The quantitative estimate of drug-likeness (QED) is 0.864. The molecule has 1 N–H and O–H groups in total. The highest BCUT2D eigenvalue weighted by atomic mass is 16.5. The third kappa shape index (κ3) is 2.14. The number of rotatable bonds is 2.